The largest absolute Gasteiger partial charge is 0.370 e. The van der Waals surface area contributed by atoms with Crippen LogP contribution in [0.2, 0.25) is 20.6 Å². The number of hydrogen-bond donors (Lipinski definition) is 2. The second kappa shape index (κ2) is 29.1. The highest BCUT2D eigenvalue weighted by atomic mass is 35.5. The minimum atomic E-state index is -0.708. The van der Waals surface area contributed by atoms with Gasteiger partial charge in [0.25, 0.3) is 12.2 Å². The Balaban J connectivity index is 0.000000234. The van der Waals surface area contributed by atoms with E-state index in [0.717, 1.165) is 52.5 Å². The topological polar surface area (TPSA) is 260 Å². The summed E-state index contributed by atoms with van der Waals surface area (Å²) < 4.78 is 0. The van der Waals surface area contributed by atoms with E-state index in [-0.39, 0.29) is 5.96 Å². The Labute approximate surface area is 405 Å². The van der Waals surface area contributed by atoms with Crippen LogP contribution in [0.25, 0.3) is 0 Å². The summed E-state index contributed by atoms with van der Waals surface area (Å²) in [4.78, 5) is 51.3. The number of aromatic nitrogens is 4. The van der Waals surface area contributed by atoms with Crippen molar-refractivity contribution >= 4 is 75.1 Å². The van der Waals surface area contributed by atoms with Gasteiger partial charge in [0.2, 0.25) is 12.4 Å². The molecule has 0 aromatic carbocycles. The molecular weight excluding hydrogens is 956 g/mol. The average molecular weight is 1000 g/mol. The van der Waals surface area contributed by atoms with Crippen LogP contribution < -0.4 is 10.6 Å². The van der Waals surface area contributed by atoms with Gasteiger partial charge < -0.3 is 30.2 Å². The van der Waals surface area contributed by atoms with E-state index in [1.807, 2.05) is 54.2 Å². The van der Waals surface area contributed by atoms with Crippen molar-refractivity contribution in [2.24, 2.45) is 15.1 Å². The molecule has 26 heteroatoms. The quantitative estimate of drug-likeness (QED) is 0.0351. The van der Waals surface area contributed by atoms with E-state index in [4.69, 9.17) is 56.9 Å². The maximum absolute atomic E-state index is 10.5. The molecule has 0 radical (unpaired) electrons. The average Bonchev–Trinajstić information content (AvgIpc) is 3.93. The summed E-state index contributed by atoms with van der Waals surface area (Å²) in [5, 5.41) is 48.6. The van der Waals surface area contributed by atoms with E-state index in [1.165, 1.54) is 0 Å². The summed E-state index contributed by atoms with van der Waals surface area (Å²) >= 11 is 24.4. The highest BCUT2D eigenvalue weighted by molar-refractivity contribution is 8.14. The molecule has 6 heterocycles. The van der Waals surface area contributed by atoms with Gasteiger partial charge in [-0.1, -0.05) is 82.4 Å². The first-order valence-corrected chi connectivity index (χ1v) is 22.0. The minimum Gasteiger partial charge on any atom is -0.370 e. The van der Waals surface area contributed by atoms with E-state index in [9.17, 15) is 20.2 Å². The number of nitriles is 2. The molecule has 0 spiro atoms. The van der Waals surface area contributed by atoms with Crippen LogP contribution in [0.4, 0.5) is 0 Å². The van der Waals surface area contributed by atoms with E-state index >= 15 is 0 Å². The van der Waals surface area contributed by atoms with Gasteiger partial charge in [-0.15, -0.1) is 4.99 Å². The Hall–Kier alpha value is -6.56. The number of guanidine groups is 1. The predicted molar refractivity (Wildman–Crippen MR) is 256 cm³/mol. The molecule has 2 aliphatic rings. The monoisotopic (exact) mass is 999 g/mol. The Morgan fingerprint density at radius 2 is 1.36 bits per heavy atom. The van der Waals surface area contributed by atoms with E-state index in [2.05, 4.69) is 50.6 Å². The summed E-state index contributed by atoms with van der Waals surface area (Å²) in [6, 6.07) is 14.4. The third-order valence-electron chi connectivity index (χ3n) is 8.81. The fourth-order valence-electron chi connectivity index (χ4n) is 5.56. The number of rotatable bonds is 13. The van der Waals surface area contributed by atoms with Crippen molar-refractivity contribution in [2.75, 3.05) is 46.0 Å². The van der Waals surface area contributed by atoms with E-state index < -0.39 is 9.96 Å². The minimum absolute atomic E-state index is 0.282. The number of aliphatic imine (C=N–C) groups is 2. The zero-order chi connectivity index (χ0) is 48.4. The highest BCUT2D eigenvalue weighted by Crippen LogP contribution is 2.20. The van der Waals surface area contributed by atoms with Crippen LogP contribution in [-0.2, 0) is 26.2 Å². The zero-order valence-electron chi connectivity index (χ0n) is 36.1. The first-order valence-electron chi connectivity index (χ1n) is 19.5. The number of amidine groups is 2. The fourth-order valence-corrected chi connectivity index (χ4v) is 6.94. The van der Waals surface area contributed by atoms with Crippen LogP contribution in [0.3, 0.4) is 0 Å². The molecule has 0 aliphatic carbocycles. The van der Waals surface area contributed by atoms with Crippen molar-refractivity contribution in [1.29, 1.82) is 10.5 Å². The Morgan fingerprint density at radius 3 is 1.80 bits per heavy atom. The first-order chi connectivity index (χ1) is 31.6. The van der Waals surface area contributed by atoms with Crippen molar-refractivity contribution in [3.8, 4) is 12.4 Å². The first kappa shape index (κ1) is 53.8. The molecule has 66 heavy (non-hydrogen) atoms. The van der Waals surface area contributed by atoms with Crippen LogP contribution in [0, 0.1) is 43.1 Å². The van der Waals surface area contributed by atoms with Gasteiger partial charge in [-0.05, 0) is 60.4 Å². The van der Waals surface area contributed by atoms with Crippen molar-refractivity contribution < 1.29 is 9.96 Å². The maximum Gasteiger partial charge on any atom is 0.274 e. The van der Waals surface area contributed by atoms with Gasteiger partial charge in [-0.3, -0.25) is 10.1 Å². The highest BCUT2D eigenvalue weighted by Gasteiger charge is 2.22. The molecule has 2 aliphatic heterocycles. The van der Waals surface area contributed by atoms with Crippen LogP contribution in [0.5, 0.6) is 0 Å². The molecule has 2 N–H and O–H groups in total. The number of nitrogens with zero attached hydrogens (tertiary/aromatic N) is 15. The van der Waals surface area contributed by atoms with Crippen molar-refractivity contribution in [1.82, 2.24) is 50.2 Å². The molecule has 0 unspecified atom stereocenters. The third-order valence-corrected chi connectivity index (χ3v) is 10.7. The Morgan fingerprint density at radius 1 is 0.848 bits per heavy atom. The van der Waals surface area contributed by atoms with Crippen molar-refractivity contribution in [3.05, 3.63) is 148 Å². The SMILES string of the molecule is CC(=NC#N)N(C)Cc1ccc(Cl)nc1.CCN(Cc1ccc(Cl)nc1)/C(=C/[N+](=O)[O-])NC.N#CN=C1SCCN1Cc1ccc(Cl)nc1.O=[N+]([O-])/N=C1\NCCN1Cc1ccc(Cl)nc1. The number of thioether (sulfide) groups is 1. The van der Waals surface area contributed by atoms with Crippen LogP contribution in [-0.4, -0.2) is 112 Å². The summed E-state index contributed by atoms with van der Waals surface area (Å²) in [5.41, 5.74) is 3.95. The molecule has 0 saturated carbocycles. The fraction of sp³-hybridized carbons (Fsp3) is 0.325. The summed E-state index contributed by atoms with van der Waals surface area (Å²) in [7, 11) is 3.52. The lowest BCUT2D eigenvalue weighted by Gasteiger charge is -2.23. The lowest BCUT2D eigenvalue weighted by molar-refractivity contribution is -0.485. The smallest absolute Gasteiger partial charge is 0.274 e. The van der Waals surface area contributed by atoms with Gasteiger partial charge in [0.1, 0.15) is 31.5 Å². The number of nitrogens with one attached hydrogen (secondary N) is 2. The summed E-state index contributed by atoms with van der Waals surface area (Å²) in [6.07, 6.45) is 11.3. The number of halogens is 4. The van der Waals surface area contributed by atoms with E-state index in [1.54, 1.807) is 85.9 Å². The number of hydrogen-bond acceptors (Lipinski definition) is 15. The molecule has 0 bridgehead atoms. The standard InChI is InChI=1S/C11H15ClN4O2.C10H9ClN4S.C10H11ClN4.C9H10ClN5O2/c1-3-15(11(13-2)8-16(17)18)7-9-4-5-10(12)14-6-9;11-9-2-1-8(5-13-9)6-15-3-4-16-10(15)14-7-12;1-8(14-7-12)15(2)6-9-3-4-10(11)13-5-9;10-8-2-1-7(5-12-8)6-14-4-3-11-9(14)13-15(16)17/h4-6,8,13H,3,7H2,1-2H3;1-2,5H,3-4,6H2;3-5H,6H2,1-2H3;1-2,5H,3-4,6H2,(H,11,13)/b11-8+;;;. The Bertz CT molecular complexity index is 2380. The normalized spacial score (nSPS) is 14.3. The van der Waals surface area contributed by atoms with Crippen LogP contribution >= 0.6 is 58.2 Å². The van der Waals surface area contributed by atoms with Crippen LogP contribution in [0.1, 0.15) is 36.1 Å². The third kappa shape index (κ3) is 20.1. The van der Waals surface area contributed by atoms with E-state index in [0.29, 0.717) is 71.5 Å². The van der Waals surface area contributed by atoms with Gasteiger partial charge >= 0.3 is 0 Å². The molecule has 6 rings (SSSR count). The van der Waals surface area contributed by atoms with Gasteiger partial charge in [0.05, 0.1) is 4.92 Å². The lowest BCUT2D eigenvalue weighted by atomic mass is 10.2. The van der Waals surface area contributed by atoms with Crippen molar-refractivity contribution in [3.63, 3.8) is 0 Å². The summed E-state index contributed by atoms with van der Waals surface area (Å²) in [5.74, 6) is 2.39. The van der Waals surface area contributed by atoms with Crippen molar-refractivity contribution in [2.45, 2.75) is 40.0 Å². The molecule has 2 saturated heterocycles. The number of nitro groups is 2. The lowest BCUT2D eigenvalue weighted by Crippen LogP contribution is -2.30. The molecule has 2 fully saturated rings. The number of hydrazone groups is 1. The molecule has 4 aromatic rings. The predicted octanol–water partition coefficient (Wildman–Crippen LogP) is 6.73. The van der Waals surface area contributed by atoms with Gasteiger partial charge in [-0.25, -0.2) is 30.1 Å². The van der Waals surface area contributed by atoms with Crippen LogP contribution in [0.15, 0.2) is 100 Å². The van der Waals surface area contributed by atoms with Gasteiger partial charge in [0.15, 0.2) is 16.0 Å². The van der Waals surface area contributed by atoms with Gasteiger partial charge in [-0.2, -0.15) is 15.5 Å². The Kier molecular flexibility index (Phi) is 23.7. The molecule has 21 nitrogen and oxygen atoms in total. The molecule has 348 valence electrons. The maximum atomic E-state index is 10.5. The van der Waals surface area contributed by atoms with Gasteiger partial charge in [0, 0.05) is 97.0 Å². The zero-order valence-corrected chi connectivity index (χ0v) is 40.0. The second-order valence-corrected chi connectivity index (χ2v) is 16.0. The molecular formula is C40H45Cl4N17O4S. The molecule has 0 amide bonds. The summed E-state index contributed by atoms with van der Waals surface area (Å²) in [6.45, 7) is 9.00. The second-order valence-electron chi connectivity index (χ2n) is 13.4. The number of pyridine rings is 4. The molecule has 0 atom stereocenters. The molecule has 4 aromatic heterocycles.